The summed E-state index contributed by atoms with van der Waals surface area (Å²) in [4.78, 5) is 2.57. The van der Waals surface area contributed by atoms with E-state index in [-0.39, 0.29) is 6.04 Å². The van der Waals surface area contributed by atoms with Gasteiger partial charge < -0.3 is 5.73 Å². The molecule has 2 N–H and O–H groups in total. The van der Waals surface area contributed by atoms with E-state index >= 15 is 0 Å². The minimum Gasteiger partial charge on any atom is -0.320 e. The van der Waals surface area contributed by atoms with Gasteiger partial charge in [-0.15, -0.1) is 11.3 Å². The number of hydrogen-bond donors (Lipinski definition) is 1. The second-order valence-corrected chi connectivity index (χ2v) is 6.42. The molecule has 1 aromatic heterocycles. The first-order valence-corrected chi connectivity index (χ1v) is 7.91. The Balaban J connectivity index is 2.12. The quantitative estimate of drug-likeness (QED) is 0.710. The molecule has 1 unspecified atom stereocenters. The number of fused-ring (bicyclic) bond motifs is 1. The molecular formula is C17H16ClNS. The third-order valence-corrected chi connectivity index (χ3v) is 5.22. The molecule has 3 aromatic rings. The Morgan fingerprint density at radius 1 is 1.05 bits per heavy atom. The van der Waals surface area contributed by atoms with Gasteiger partial charge in [-0.1, -0.05) is 48.9 Å². The molecule has 1 atom stereocenters. The van der Waals surface area contributed by atoms with Crippen LogP contribution in [0.5, 0.6) is 0 Å². The highest BCUT2D eigenvalue weighted by Gasteiger charge is 2.15. The van der Waals surface area contributed by atoms with Crippen molar-refractivity contribution in [1.29, 1.82) is 0 Å². The van der Waals surface area contributed by atoms with E-state index in [1.54, 1.807) is 11.3 Å². The van der Waals surface area contributed by atoms with Gasteiger partial charge in [0.2, 0.25) is 0 Å². The Hall–Kier alpha value is -1.35. The summed E-state index contributed by atoms with van der Waals surface area (Å²) in [6.07, 6.45) is 1.05. The summed E-state index contributed by atoms with van der Waals surface area (Å²) in [5.74, 6) is 0. The Kier molecular flexibility index (Phi) is 3.79. The fourth-order valence-electron chi connectivity index (χ4n) is 2.46. The third kappa shape index (κ3) is 2.35. The number of nitrogens with two attached hydrogens (primary N) is 1. The van der Waals surface area contributed by atoms with Crippen LogP contribution in [-0.4, -0.2) is 0 Å². The van der Waals surface area contributed by atoms with Gasteiger partial charge in [-0.25, -0.2) is 0 Å². The van der Waals surface area contributed by atoms with Gasteiger partial charge in [0.1, 0.15) is 0 Å². The van der Waals surface area contributed by atoms with Crippen molar-refractivity contribution in [3.8, 4) is 0 Å². The molecule has 0 saturated heterocycles. The second-order valence-electron chi connectivity index (χ2n) is 4.82. The van der Waals surface area contributed by atoms with Crippen molar-refractivity contribution in [1.82, 2.24) is 0 Å². The normalized spacial score (nSPS) is 12.8. The zero-order valence-electron chi connectivity index (χ0n) is 11.3. The molecule has 102 valence electrons. The van der Waals surface area contributed by atoms with Crippen LogP contribution in [0.15, 0.2) is 48.5 Å². The van der Waals surface area contributed by atoms with Crippen LogP contribution in [0.3, 0.4) is 0 Å². The SMILES string of the molecule is CCc1ccc(C(N)c2ccc(Cl)c3ccccc23)s1. The van der Waals surface area contributed by atoms with Crippen molar-refractivity contribution in [3.05, 3.63) is 68.9 Å². The molecule has 20 heavy (non-hydrogen) atoms. The van der Waals surface area contributed by atoms with Crippen LogP contribution in [0.1, 0.15) is 28.3 Å². The highest BCUT2D eigenvalue weighted by atomic mass is 35.5. The Morgan fingerprint density at radius 3 is 2.50 bits per heavy atom. The van der Waals surface area contributed by atoms with Crippen molar-refractivity contribution in [3.63, 3.8) is 0 Å². The first-order valence-electron chi connectivity index (χ1n) is 6.72. The van der Waals surface area contributed by atoms with Crippen LogP contribution in [0.4, 0.5) is 0 Å². The van der Waals surface area contributed by atoms with Crippen LogP contribution in [0, 0.1) is 0 Å². The van der Waals surface area contributed by atoms with Gasteiger partial charge in [0.05, 0.1) is 6.04 Å². The lowest BCUT2D eigenvalue weighted by Gasteiger charge is -2.14. The van der Waals surface area contributed by atoms with Gasteiger partial charge >= 0.3 is 0 Å². The lowest BCUT2D eigenvalue weighted by Crippen LogP contribution is -2.10. The Bertz CT molecular complexity index is 748. The van der Waals surface area contributed by atoms with E-state index in [1.807, 2.05) is 30.3 Å². The van der Waals surface area contributed by atoms with Crippen molar-refractivity contribution in [2.45, 2.75) is 19.4 Å². The molecule has 2 aromatic carbocycles. The number of thiophene rings is 1. The maximum atomic E-state index is 6.47. The predicted molar refractivity (Wildman–Crippen MR) is 88.7 cm³/mol. The standard InChI is InChI=1S/C17H16ClNS/c1-2-11-7-10-16(20-11)17(19)14-8-9-15(18)13-6-4-3-5-12(13)14/h3-10,17H,2,19H2,1H3. The maximum absolute atomic E-state index is 6.47. The van der Waals surface area contributed by atoms with Crippen LogP contribution in [0.25, 0.3) is 10.8 Å². The molecule has 0 fully saturated rings. The van der Waals surface area contributed by atoms with Gasteiger partial charge in [0.15, 0.2) is 0 Å². The fraction of sp³-hybridized carbons (Fsp3) is 0.176. The Labute approximate surface area is 128 Å². The van der Waals surface area contributed by atoms with E-state index in [0.29, 0.717) is 0 Å². The topological polar surface area (TPSA) is 26.0 Å². The van der Waals surface area contributed by atoms with E-state index in [1.165, 1.54) is 9.75 Å². The molecule has 0 bridgehead atoms. The molecule has 0 aliphatic carbocycles. The monoisotopic (exact) mass is 301 g/mol. The van der Waals surface area contributed by atoms with E-state index in [2.05, 4.69) is 25.1 Å². The molecule has 0 amide bonds. The van der Waals surface area contributed by atoms with E-state index < -0.39 is 0 Å². The largest absolute Gasteiger partial charge is 0.320 e. The van der Waals surface area contributed by atoms with E-state index in [0.717, 1.165) is 27.8 Å². The number of halogens is 1. The lowest BCUT2D eigenvalue weighted by molar-refractivity contribution is 0.903. The summed E-state index contributed by atoms with van der Waals surface area (Å²) >= 11 is 8.06. The number of benzene rings is 2. The predicted octanol–water partition coefficient (Wildman–Crippen LogP) is 5.17. The highest BCUT2D eigenvalue weighted by molar-refractivity contribution is 7.12. The van der Waals surface area contributed by atoms with Gasteiger partial charge in [0.25, 0.3) is 0 Å². The highest BCUT2D eigenvalue weighted by Crippen LogP contribution is 2.34. The molecule has 0 saturated carbocycles. The molecule has 0 aliphatic heterocycles. The maximum Gasteiger partial charge on any atom is 0.0652 e. The molecule has 0 spiro atoms. The van der Waals surface area contributed by atoms with Gasteiger partial charge in [0, 0.05) is 20.2 Å². The van der Waals surface area contributed by atoms with Crippen molar-refractivity contribution < 1.29 is 0 Å². The smallest absolute Gasteiger partial charge is 0.0652 e. The van der Waals surface area contributed by atoms with Crippen LogP contribution in [-0.2, 0) is 6.42 Å². The van der Waals surface area contributed by atoms with Crippen molar-refractivity contribution in [2.75, 3.05) is 0 Å². The summed E-state index contributed by atoms with van der Waals surface area (Å²) in [7, 11) is 0. The van der Waals surface area contributed by atoms with Crippen molar-refractivity contribution >= 4 is 33.7 Å². The van der Waals surface area contributed by atoms with Gasteiger partial charge in [-0.05, 0) is 35.6 Å². The summed E-state index contributed by atoms with van der Waals surface area (Å²) in [6.45, 7) is 2.17. The number of aryl methyl sites for hydroxylation is 1. The molecule has 0 radical (unpaired) electrons. The second kappa shape index (κ2) is 5.57. The molecule has 1 heterocycles. The first kappa shape index (κ1) is 13.6. The number of hydrogen-bond acceptors (Lipinski definition) is 2. The van der Waals surface area contributed by atoms with Crippen LogP contribution in [0.2, 0.25) is 5.02 Å². The molecule has 3 heteroatoms. The fourth-order valence-corrected chi connectivity index (χ4v) is 3.66. The zero-order chi connectivity index (χ0) is 14.1. The lowest BCUT2D eigenvalue weighted by atomic mass is 9.98. The van der Waals surface area contributed by atoms with Crippen LogP contribution < -0.4 is 5.73 Å². The average Bonchev–Trinajstić information content (AvgIpc) is 2.96. The third-order valence-electron chi connectivity index (χ3n) is 3.58. The minimum atomic E-state index is -0.0949. The van der Waals surface area contributed by atoms with E-state index in [4.69, 9.17) is 17.3 Å². The van der Waals surface area contributed by atoms with Crippen LogP contribution >= 0.6 is 22.9 Å². The summed E-state index contributed by atoms with van der Waals surface area (Å²) in [5, 5.41) is 2.98. The molecule has 3 rings (SSSR count). The summed E-state index contributed by atoms with van der Waals surface area (Å²) < 4.78 is 0. The summed E-state index contributed by atoms with van der Waals surface area (Å²) in [6, 6.07) is 16.3. The van der Waals surface area contributed by atoms with E-state index in [9.17, 15) is 0 Å². The first-order chi connectivity index (χ1) is 9.70. The molecule has 1 nitrogen and oxygen atoms in total. The minimum absolute atomic E-state index is 0.0949. The Morgan fingerprint density at radius 2 is 1.80 bits per heavy atom. The molecule has 0 aliphatic rings. The van der Waals surface area contributed by atoms with Gasteiger partial charge in [-0.2, -0.15) is 0 Å². The van der Waals surface area contributed by atoms with Gasteiger partial charge in [-0.3, -0.25) is 0 Å². The summed E-state index contributed by atoms with van der Waals surface area (Å²) in [5.41, 5.74) is 7.60. The number of rotatable bonds is 3. The molecular weight excluding hydrogens is 286 g/mol. The zero-order valence-corrected chi connectivity index (χ0v) is 12.8. The van der Waals surface area contributed by atoms with Crippen molar-refractivity contribution in [2.24, 2.45) is 5.73 Å². The average molecular weight is 302 g/mol.